The number of halogens is 1. The Morgan fingerprint density at radius 2 is 2.12 bits per heavy atom. The first-order valence-corrected chi connectivity index (χ1v) is 9.21. The highest BCUT2D eigenvalue weighted by atomic mass is 19.1. The highest BCUT2D eigenvalue weighted by molar-refractivity contribution is 5.78. The predicted octanol–water partition coefficient (Wildman–Crippen LogP) is 3.26. The first-order chi connectivity index (χ1) is 12.5. The molecule has 1 saturated heterocycles. The van der Waals surface area contributed by atoms with Crippen LogP contribution in [0.3, 0.4) is 0 Å². The van der Waals surface area contributed by atoms with E-state index in [0.29, 0.717) is 18.2 Å². The zero-order chi connectivity index (χ0) is 18.5. The summed E-state index contributed by atoms with van der Waals surface area (Å²) in [5.74, 6) is 0.280. The molecule has 26 heavy (non-hydrogen) atoms. The molecular formula is C20H26FN3O2. The molecule has 2 atom stereocenters. The van der Waals surface area contributed by atoms with Gasteiger partial charge in [0, 0.05) is 18.8 Å². The van der Waals surface area contributed by atoms with Crippen molar-refractivity contribution in [1.29, 1.82) is 0 Å². The van der Waals surface area contributed by atoms with Gasteiger partial charge in [-0.1, -0.05) is 13.8 Å². The summed E-state index contributed by atoms with van der Waals surface area (Å²) in [5, 5.41) is 7.52. The topological polar surface area (TPSA) is 56.2 Å². The Hall–Kier alpha value is -2.21. The Bertz CT molecular complexity index is 727. The van der Waals surface area contributed by atoms with Crippen LogP contribution in [-0.2, 0) is 16.0 Å². The van der Waals surface area contributed by atoms with Gasteiger partial charge in [-0.3, -0.25) is 4.79 Å². The molecule has 1 aliphatic rings. The quantitative estimate of drug-likeness (QED) is 0.861. The Morgan fingerprint density at radius 3 is 2.85 bits per heavy atom. The molecule has 3 rings (SSSR count). The number of carbonyl (C=O) groups excluding carboxylic acids is 1. The maximum atomic E-state index is 13.0. The lowest BCUT2D eigenvalue weighted by Crippen LogP contribution is -2.43. The third kappa shape index (κ3) is 5.14. The molecule has 0 unspecified atom stereocenters. The number of rotatable bonds is 6. The molecule has 1 aliphatic heterocycles. The zero-order valence-corrected chi connectivity index (χ0v) is 15.3. The average molecular weight is 359 g/mol. The van der Waals surface area contributed by atoms with E-state index < -0.39 is 0 Å². The van der Waals surface area contributed by atoms with Gasteiger partial charge in [-0.25, -0.2) is 9.07 Å². The van der Waals surface area contributed by atoms with Gasteiger partial charge in [-0.05, 0) is 55.5 Å². The highest BCUT2D eigenvalue weighted by Crippen LogP contribution is 2.20. The van der Waals surface area contributed by atoms with Gasteiger partial charge >= 0.3 is 0 Å². The third-order valence-corrected chi connectivity index (χ3v) is 4.54. The Morgan fingerprint density at radius 1 is 1.35 bits per heavy atom. The molecule has 5 nitrogen and oxygen atoms in total. The molecule has 1 fully saturated rings. The van der Waals surface area contributed by atoms with Crippen molar-refractivity contribution in [3.8, 4) is 5.69 Å². The molecule has 0 aliphatic carbocycles. The zero-order valence-electron chi connectivity index (χ0n) is 15.3. The van der Waals surface area contributed by atoms with Crippen LogP contribution >= 0.6 is 0 Å². The molecule has 1 amide bonds. The number of amides is 1. The number of nitrogens with zero attached hydrogens (tertiary/aromatic N) is 2. The summed E-state index contributed by atoms with van der Waals surface area (Å²) in [4.78, 5) is 12.3. The van der Waals surface area contributed by atoms with Crippen LogP contribution in [0.5, 0.6) is 0 Å². The molecule has 2 aromatic rings. The van der Waals surface area contributed by atoms with E-state index in [2.05, 4.69) is 24.3 Å². The lowest BCUT2D eigenvalue weighted by molar-refractivity contribution is -0.122. The summed E-state index contributed by atoms with van der Waals surface area (Å²) in [5.41, 5.74) is 1.46. The molecule has 1 N–H and O–H groups in total. The number of aromatic nitrogens is 2. The van der Waals surface area contributed by atoms with Gasteiger partial charge in [0.05, 0.1) is 23.9 Å². The van der Waals surface area contributed by atoms with Gasteiger partial charge in [0.15, 0.2) is 0 Å². The lowest BCUT2D eigenvalue weighted by atomic mass is 9.96. The first-order valence-electron chi connectivity index (χ1n) is 9.21. The summed E-state index contributed by atoms with van der Waals surface area (Å²) in [6.45, 7) is 5.06. The van der Waals surface area contributed by atoms with Gasteiger partial charge in [-0.15, -0.1) is 0 Å². The number of hydrogen-bond donors (Lipinski definition) is 1. The Kier molecular flexibility index (Phi) is 6.04. The van der Waals surface area contributed by atoms with Gasteiger partial charge in [-0.2, -0.15) is 5.10 Å². The van der Waals surface area contributed by atoms with Crippen molar-refractivity contribution in [2.75, 3.05) is 6.61 Å². The van der Waals surface area contributed by atoms with Crippen LogP contribution in [0.4, 0.5) is 4.39 Å². The average Bonchev–Trinajstić information content (AvgIpc) is 3.03. The number of benzene rings is 1. The van der Waals surface area contributed by atoms with E-state index in [9.17, 15) is 9.18 Å². The number of nitrogens with one attached hydrogen (secondary N) is 1. The van der Waals surface area contributed by atoms with Gasteiger partial charge in [0.25, 0.3) is 0 Å². The third-order valence-electron chi connectivity index (χ3n) is 4.54. The summed E-state index contributed by atoms with van der Waals surface area (Å²) in [6, 6.07) is 8.07. The summed E-state index contributed by atoms with van der Waals surface area (Å²) >= 11 is 0. The molecular weight excluding hydrogens is 333 g/mol. The van der Waals surface area contributed by atoms with Crippen molar-refractivity contribution >= 4 is 5.91 Å². The predicted molar refractivity (Wildman–Crippen MR) is 97.6 cm³/mol. The second-order valence-electron chi connectivity index (χ2n) is 7.32. The fourth-order valence-electron chi connectivity index (χ4n) is 3.34. The van der Waals surface area contributed by atoms with Crippen molar-refractivity contribution in [3.05, 3.63) is 48.0 Å². The van der Waals surface area contributed by atoms with Crippen LogP contribution in [0.2, 0.25) is 0 Å². The molecule has 0 saturated carbocycles. The van der Waals surface area contributed by atoms with Crippen LogP contribution in [0.25, 0.3) is 5.69 Å². The molecule has 6 heteroatoms. The summed E-state index contributed by atoms with van der Waals surface area (Å²) in [6.07, 6.45) is 4.99. The van der Waals surface area contributed by atoms with Crippen LogP contribution in [0.15, 0.2) is 36.5 Å². The van der Waals surface area contributed by atoms with Gasteiger partial charge in [0.1, 0.15) is 5.82 Å². The molecule has 140 valence electrons. The summed E-state index contributed by atoms with van der Waals surface area (Å²) in [7, 11) is 0. The van der Waals surface area contributed by atoms with E-state index in [1.807, 2.05) is 6.07 Å². The van der Waals surface area contributed by atoms with E-state index in [1.165, 1.54) is 12.1 Å². The van der Waals surface area contributed by atoms with E-state index in [-0.39, 0.29) is 30.3 Å². The largest absolute Gasteiger partial charge is 0.378 e. The molecule has 0 bridgehead atoms. The normalized spacial score (nSPS) is 20.3. The van der Waals surface area contributed by atoms with Gasteiger partial charge in [0.2, 0.25) is 5.91 Å². The maximum absolute atomic E-state index is 13.0. The van der Waals surface area contributed by atoms with Gasteiger partial charge < -0.3 is 10.1 Å². The van der Waals surface area contributed by atoms with E-state index >= 15 is 0 Å². The Labute approximate surface area is 153 Å². The second kappa shape index (κ2) is 8.45. The van der Waals surface area contributed by atoms with Crippen molar-refractivity contribution in [2.45, 2.75) is 51.7 Å². The van der Waals surface area contributed by atoms with Crippen molar-refractivity contribution < 1.29 is 13.9 Å². The minimum Gasteiger partial charge on any atom is -0.378 e. The summed E-state index contributed by atoms with van der Waals surface area (Å²) < 4.78 is 20.4. The van der Waals surface area contributed by atoms with Crippen LogP contribution in [-0.4, -0.2) is 34.4 Å². The molecule has 0 spiro atoms. The first kappa shape index (κ1) is 18.6. The van der Waals surface area contributed by atoms with Crippen molar-refractivity contribution in [1.82, 2.24) is 15.1 Å². The lowest BCUT2D eigenvalue weighted by Gasteiger charge is -2.31. The van der Waals surface area contributed by atoms with Crippen LogP contribution in [0, 0.1) is 11.7 Å². The molecule has 2 heterocycles. The van der Waals surface area contributed by atoms with Crippen LogP contribution in [0.1, 0.15) is 38.8 Å². The molecule has 1 aromatic heterocycles. The van der Waals surface area contributed by atoms with Crippen molar-refractivity contribution in [3.63, 3.8) is 0 Å². The maximum Gasteiger partial charge on any atom is 0.226 e. The standard InChI is InChI=1S/C20H26FN3O2/c1-14(2)11-19-12-16(8-10-26-19)22-20(25)13-17-7-9-24(23-17)18-5-3-15(21)4-6-18/h3-7,9,14,16,19H,8,10-13H2,1-2H3,(H,22,25)/t16-,19-/m1/s1. The monoisotopic (exact) mass is 359 g/mol. The SMILES string of the molecule is CC(C)C[C@@H]1C[C@H](NC(=O)Cc2ccn(-c3ccc(F)cc3)n2)CCO1. The number of ether oxygens (including phenoxy) is 1. The number of carbonyl (C=O) groups is 1. The fourth-order valence-corrected chi connectivity index (χ4v) is 3.34. The second-order valence-corrected chi connectivity index (χ2v) is 7.32. The Balaban J connectivity index is 1.53. The number of hydrogen-bond acceptors (Lipinski definition) is 3. The van der Waals surface area contributed by atoms with E-state index in [0.717, 1.165) is 24.9 Å². The molecule has 1 aromatic carbocycles. The van der Waals surface area contributed by atoms with Crippen molar-refractivity contribution in [2.24, 2.45) is 5.92 Å². The minimum absolute atomic E-state index is 0.0236. The highest BCUT2D eigenvalue weighted by Gasteiger charge is 2.24. The van der Waals surface area contributed by atoms with E-state index in [4.69, 9.17) is 4.74 Å². The minimum atomic E-state index is -0.285. The fraction of sp³-hybridized carbons (Fsp3) is 0.500. The molecule has 0 radical (unpaired) electrons. The smallest absolute Gasteiger partial charge is 0.226 e. The van der Waals surface area contributed by atoms with Crippen LogP contribution < -0.4 is 5.32 Å². The van der Waals surface area contributed by atoms with E-state index in [1.54, 1.807) is 23.0 Å².